The van der Waals surface area contributed by atoms with Crippen molar-refractivity contribution in [2.45, 2.75) is 51.1 Å². The van der Waals surface area contributed by atoms with Gasteiger partial charge >= 0.3 is 0 Å². The van der Waals surface area contributed by atoms with Crippen LogP contribution >= 0.6 is 24.8 Å². The number of nitrogens with one attached hydrogen (secondary N) is 2. The minimum atomic E-state index is 0. The van der Waals surface area contributed by atoms with Crippen LogP contribution in [-0.2, 0) is 16.1 Å². The smallest absolute Gasteiger partial charge is 0.226 e. The summed E-state index contributed by atoms with van der Waals surface area (Å²) in [5.41, 5.74) is 2.13. The maximum Gasteiger partial charge on any atom is 0.226 e. The van der Waals surface area contributed by atoms with Gasteiger partial charge < -0.3 is 15.4 Å². The molecule has 1 saturated heterocycles. The summed E-state index contributed by atoms with van der Waals surface area (Å²) in [6.07, 6.45) is 5.29. The number of benzene rings is 1. The van der Waals surface area contributed by atoms with Gasteiger partial charge in [0.15, 0.2) is 0 Å². The Labute approximate surface area is 175 Å². The van der Waals surface area contributed by atoms with Crippen LogP contribution in [0.4, 0.5) is 5.69 Å². The van der Waals surface area contributed by atoms with Crippen molar-refractivity contribution in [3.05, 3.63) is 29.8 Å². The second-order valence-corrected chi connectivity index (χ2v) is 7.24. The molecule has 1 saturated carbocycles. The second kappa shape index (κ2) is 11.9. The van der Waals surface area contributed by atoms with Crippen LogP contribution in [0.25, 0.3) is 0 Å². The first-order chi connectivity index (χ1) is 12.2. The van der Waals surface area contributed by atoms with Crippen LogP contribution in [0, 0.1) is 0 Å². The van der Waals surface area contributed by atoms with Crippen molar-refractivity contribution in [3.8, 4) is 0 Å². The molecule has 1 aromatic rings. The van der Waals surface area contributed by atoms with E-state index in [2.05, 4.69) is 34.6 Å². The molecule has 2 fully saturated rings. The Morgan fingerprint density at radius 2 is 1.89 bits per heavy atom. The number of anilines is 1. The third-order valence-electron chi connectivity index (χ3n) is 5.50. The van der Waals surface area contributed by atoms with Crippen LogP contribution in [0.5, 0.6) is 0 Å². The summed E-state index contributed by atoms with van der Waals surface area (Å²) < 4.78 is 5.50. The molecule has 0 aromatic heterocycles. The Hall–Kier alpha value is -0.850. The van der Waals surface area contributed by atoms with Gasteiger partial charge in [0, 0.05) is 37.3 Å². The number of nitrogens with zero attached hydrogens (tertiary/aromatic N) is 1. The molecule has 7 heteroatoms. The molecule has 1 amide bonds. The SMILES string of the molecule is CCNCc1cccc(NC(=O)CC2(N3CCOCC3)CCCC2)c1.Cl.Cl. The predicted molar refractivity (Wildman–Crippen MR) is 115 cm³/mol. The van der Waals surface area contributed by atoms with E-state index < -0.39 is 0 Å². The van der Waals surface area contributed by atoms with Gasteiger partial charge in [-0.2, -0.15) is 0 Å². The number of amides is 1. The molecule has 0 bridgehead atoms. The van der Waals surface area contributed by atoms with Crippen LogP contribution < -0.4 is 10.6 Å². The normalized spacial score (nSPS) is 19.0. The quantitative estimate of drug-likeness (QED) is 0.711. The number of rotatable bonds is 7. The highest BCUT2D eigenvalue weighted by Gasteiger charge is 2.41. The molecule has 2 aliphatic rings. The van der Waals surface area contributed by atoms with Gasteiger partial charge in [0.2, 0.25) is 5.91 Å². The molecule has 27 heavy (non-hydrogen) atoms. The zero-order valence-electron chi connectivity index (χ0n) is 16.2. The Morgan fingerprint density at radius 1 is 1.19 bits per heavy atom. The van der Waals surface area contributed by atoms with Crippen molar-refractivity contribution in [2.75, 3.05) is 38.2 Å². The van der Waals surface area contributed by atoms with Crippen LogP contribution in [0.3, 0.4) is 0 Å². The highest BCUT2D eigenvalue weighted by Crippen LogP contribution is 2.38. The van der Waals surface area contributed by atoms with Crippen molar-refractivity contribution < 1.29 is 9.53 Å². The lowest BCUT2D eigenvalue weighted by Gasteiger charge is -2.43. The maximum absolute atomic E-state index is 12.8. The van der Waals surface area contributed by atoms with Gasteiger partial charge in [-0.25, -0.2) is 0 Å². The van der Waals surface area contributed by atoms with E-state index in [4.69, 9.17) is 4.74 Å². The molecule has 5 nitrogen and oxygen atoms in total. The zero-order chi connectivity index (χ0) is 17.5. The maximum atomic E-state index is 12.8. The number of carbonyl (C=O) groups excluding carboxylic acids is 1. The minimum Gasteiger partial charge on any atom is -0.379 e. The molecule has 1 aromatic carbocycles. The van der Waals surface area contributed by atoms with Crippen LogP contribution in [0.2, 0.25) is 0 Å². The van der Waals surface area contributed by atoms with Crippen molar-refractivity contribution in [3.63, 3.8) is 0 Å². The molecule has 1 heterocycles. The summed E-state index contributed by atoms with van der Waals surface area (Å²) in [6, 6.07) is 8.14. The summed E-state index contributed by atoms with van der Waals surface area (Å²) in [7, 11) is 0. The van der Waals surface area contributed by atoms with E-state index in [0.29, 0.717) is 6.42 Å². The van der Waals surface area contributed by atoms with Crippen LogP contribution in [0.1, 0.15) is 44.6 Å². The predicted octanol–water partition coefficient (Wildman–Crippen LogP) is 3.61. The van der Waals surface area contributed by atoms with E-state index in [9.17, 15) is 4.79 Å². The van der Waals surface area contributed by atoms with E-state index in [1.54, 1.807) is 0 Å². The molecule has 3 rings (SSSR count). The summed E-state index contributed by atoms with van der Waals surface area (Å²) in [6.45, 7) is 7.34. The average molecular weight is 418 g/mol. The van der Waals surface area contributed by atoms with Gasteiger partial charge in [-0.05, 0) is 37.1 Å². The first kappa shape index (κ1) is 24.2. The van der Waals surface area contributed by atoms with Gasteiger partial charge in [0.25, 0.3) is 0 Å². The van der Waals surface area contributed by atoms with E-state index in [1.807, 2.05) is 12.1 Å². The zero-order valence-corrected chi connectivity index (χ0v) is 17.8. The van der Waals surface area contributed by atoms with Gasteiger partial charge in [-0.3, -0.25) is 9.69 Å². The number of hydrogen-bond acceptors (Lipinski definition) is 4. The topological polar surface area (TPSA) is 53.6 Å². The Kier molecular flexibility index (Phi) is 10.6. The van der Waals surface area contributed by atoms with E-state index >= 15 is 0 Å². The summed E-state index contributed by atoms with van der Waals surface area (Å²) >= 11 is 0. The van der Waals surface area contributed by atoms with E-state index in [-0.39, 0.29) is 36.3 Å². The molecule has 1 aliphatic heterocycles. The first-order valence-electron chi connectivity index (χ1n) is 9.64. The number of carbonyl (C=O) groups is 1. The first-order valence-corrected chi connectivity index (χ1v) is 9.64. The Morgan fingerprint density at radius 3 is 2.56 bits per heavy atom. The molecule has 0 spiro atoms. The summed E-state index contributed by atoms with van der Waals surface area (Å²) in [5, 5.41) is 6.45. The second-order valence-electron chi connectivity index (χ2n) is 7.24. The molecule has 0 unspecified atom stereocenters. The van der Waals surface area contributed by atoms with Gasteiger partial charge in [0.1, 0.15) is 0 Å². The van der Waals surface area contributed by atoms with Crippen LogP contribution in [0.15, 0.2) is 24.3 Å². The van der Waals surface area contributed by atoms with Crippen molar-refractivity contribution in [1.82, 2.24) is 10.2 Å². The lowest BCUT2D eigenvalue weighted by Crippen LogP contribution is -2.53. The van der Waals surface area contributed by atoms with Gasteiger partial charge in [-0.1, -0.05) is 31.9 Å². The standard InChI is InChI=1S/C20H31N3O2.2ClH/c1-2-21-16-17-6-5-7-18(14-17)22-19(24)15-20(8-3-4-9-20)23-10-12-25-13-11-23;;/h5-7,14,21H,2-4,8-13,15-16H2,1H3,(H,22,24);2*1H. The number of morpholine rings is 1. The van der Waals surface area contributed by atoms with Crippen molar-refractivity contribution >= 4 is 36.4 Å². The van der Waals surface area contributed by atoms with E-state index in [1.165, 1.54) is 18.4 Å². The fourth-order valence-corrected chi connectivity index (χ4v) is 4.21. The number of hydrogen-bond donors (Lipinski definition) is 2. The molecule has 2 N–H and O–H groups in total. The lowest BCUT2D eigenvalue weighted by molar-refractivity contribution is -0.120. The third kappa shape index (κ3) is 6.61. The number of halogens is 2. The molecular weight excluding hydrogens is 385 g/mol. The highest BCUT2D eigenvalue weighted by atomic mass is 35.5. The summed E-state index contributed by atoms with van der Waals surface area (Å²) in [5.74, 6) is 0.133. The molecule has 154 valence electrons. The lowest BCUT2D eigenvalue weighted by atomic mass is 9.90. The van der Waals surface area contributed by atoms with E-state index in [0.717, 1.165) is 57.9 Å². The van der Waals surface area contributed by atoms with Gasteiger partial charge in [-0.15, -0.1) is 24.8 Å². The molecule has 0 atom stereocenters. The fourth-order valence-electron chi connectivity index (χ4n) is 4.21. The minimum absolute atomic E-state index is 0. The molecular formula is C20H33Cl2N3O2. The van der Waals surface area contributed by atoms with Crippen molar-refractivity contribution in [2.24, 2.45) is 0 Å². The van der Waals surface area contributed by atoms with Crippen LogP contribution in [-0.4, -0.2) is 49.2 Å². The summed E-state index contributed by atoms with van der Waals surface area (Å²) in [4.78, 5) is 15.3. The molecule has 0 radical (unpaired) electrons. The van der Waals surface area contributed by atoms with Gasteiger partial charge in [0.05, 0.1) is 13.2 Å². The largest absolute Gasteiger partial charge is 0.379 e. The number of ether oxygens (including phenoxy) is 1. The monoisotopic (exact) mass is 417 g/mol. The van der Waals surface area contributed by atoms with Crippen molar-refractivity contribution in [1.29, 1.82) is 0 Å². The Balaban J connectivity index is 0.00000182. The Bertz CT molecular complexity index is 574. The fraction of sp³-hybridized carbons (Fsp3) is 0.650. The average Bonchev–Trinajstić information content (AvgIpc) is 3.10. The highest BCUT2D eigenvalue weighted by molar-refractivity contribution is 5.91. The molecule has 1 aliphatic carbocycles. The third-order valence-corrected chi connectivity index (χ3v) is 5.50.